The van der Waals surface area contributed by atoms with Gasteiger partial charge in [-0.25, -0.2) is 12.4 Å². The zero-order valence-corrected chi connectivity index (χ0v) is 13.4. The Kier molecular flexibility index (Phi) is 3.06. The van der Waals surface area contributed by atoms with E-state index in [-0.39, 0.29) is 0 Å². The van der Waals surface area contributed by atoms with Gasteiger partial charge in [-0.15, -0.1) is 0 Å². The average Bonchev–Trinajstić information content (AvgIpc) is 2.92. The van der Waals surface area contributed by atoms with Crippen LogP contribution in [0.2, 0.25) is 0 Å². The molecule has 0 radical (unpaired) electrons. The summed E-state index contributed by atoms with van der Waals surface area (Å²) in [6.45, 7) is 0. The van der Waals surface area contributed by atoms with Crippen molar-refractivity contribution in [2.75, 3.05) is 0 Å². The van der Waals surface area contributed by atoms with E-state index < -0.39 is 10.0 Å². The second kappa shape index (κ2) is 5.00. The summed E-state index contributed by atoms with van der Waals surface area (Å²) in [5, 5.41) is 1.91. The predicted octanol–water partition coefficient (Wildman–Crippen LogP) is 2.29. The van der Waals surface area contributed by atoms with Crippen molar-refractivity contribution >= 4 is 45.1 Å². The van der Waals surface area contributed by atoms with Crippen LogP contribution in [0, 0.1) is 0 Å². The first-order valence-electron chi connectivity index (χ1n) is 7.40. The van der Waals surface area contributed by atoms with Crippen LogP contribution < -0.4 is 5.46 Å². The minimum atomic E-state index is -3.65. The van der Waals surface area contributed by atoms with Crippen molar-refractivity contribution in [3.8, 4) is 0 Å². The maximum Gasteiger partial charge on any atom is 0.268 e. The van der Waals surface area contributed by atoms with Crippen LogP contribution in [0.3, 0.4) is 0 Å². The number of para-hydroxylation sites is 2. The highest BCUT2D eigenvalue weighted by Crippen LogP contribution is 2.31. The van der Waals surface area contributed by atoms with Crippen LogP contribution in [-0.2, 0) is 10.0 Å². The van der Waals surface area contributed by atoms with Gasteiger partial charge >= 0.3 is 0 Å². The Balaban J connectivity index is 2.22. The van der Waals surface area contributed by atoms with E-state index in [0.29, 0.717) is 10.4 Å². The van der Waals surface area contributed by atoms with Gasteiger partial charge < -0.3 is 0 Å². The Morgan fingerprint density at radius 1 is 0.739 bits per heavy atom. The molecule has 0 atom stereocenters. The van der Waals surface area contributed by atoms with Gasteiger partial charge in [0.2, 0.25) is 0 Å². The van der Waals surface area contributed by atoms with E-state index in [1.807, 2.05) is 56.4 Å². The number of benzene rings is 3. The third kappa shape index (κ3) is 2.00. The third-order valence-corrected chi connectivity index (χ3v) is 5.86. The van der Waals surface area contributed by atoms with Crippen molar-refractivity contribution in [1.29, 1.82) is 0 Å². The minimum Gasteiger partial charge on any atom is -0.234 e. The molecule has 1 aromatic heterocycles. The SMILES string of the molecule is Bc1cccc2c3ccccc3n(S(=O)(=O)c3ccccc3)c12. The van der Waals surface area contributed by atoms with Crippen LogP contribution in [0.4, 0.5) is 0 Å². The largest absolute Gasteiger partial charge is 0.268 e. The molecule has 0 N–H and O–H groups in total. The molecule has 0 bridgehead atoms. The van der Waals surface area contributed by atoms with Gasteiger partial charge in [-0.2, -0.15) is 0 Å². The van der Waals surface area contributed by atoms with E-state index in [9.17, 15) is 8.42 Å². The van der Waals surface area contributed by atoms with Crippen molar-refractivity contribution in [2.45, 2.75) is 4.90 Å². The number of fused-ring (bicyclic) bond motifs is 3. The third-order valence-electron chi connectivity index (χ3n) is 4.14. The Labute approximate surface area is 135 Å². The zero-order valence-electron chi connectivity index (χ0n) is 12.6. The summed E-state index contributed by atoms with van der Waals surface area (Å²) in [6, 6.07) is 22.1. The van der Waals surface area contributed by atoms with Crippen LogP contribution in [0.25, 0.3) is 21.8 Å². The second-order valence-electron chi connectivity index (χ2n) is 5.57. The van der Waals surface area contributed by atoms with Gasteiger partial charge in [0.15, 0.2) is 0 Å². The number of hydrogen-bond acceptors (Lipinski definition) is 2. The Hall–Kier alpha value is -2.53. The molecule has 0 saturated heterocycles. The monoisotopic (exact) mass is 319 g/mol. The van der Waals surface area contributed by atoms with Gasteiger partial charge in [0.1, 0.15) is 7.85 Å². The first-order valence-corrected chi connectivity index (χ1v) is 8.84. The summed E-state index contributed by atoms with van der Waals surface area (Å²) in [5.74, 6) is 0. The first kappa shape index (κ1) is 14.1. The van der Waals surface area contributed by atoms with Gasteiger partial charge in [0.05, 0.1) is 15.9 Å². The fraction of sp³-hybridized carbons (Fsp3) is 0. The lowest BCUT2D eigenvalue weighted by atomic mass is 9.94. The van der Waals surface area contributed by atoms with Crippen LogP contribution in [0.5, 0.6) is 0 Å². The maximum atomic E-state index is 13.2. The molecular weight excluding hydrogens is 305 g/mol. The van der Waals surface area contributed by atoms with Crippen LogP contribution in [0.1, 0.15) is 0 Å². The van der Waals surface area contributed by atoms with Gasteiger partial charge in [0, 0.05) is 10.8 Å². The molecule has 0 aliphatic heterocycles. The van der Waals surface area contributed by atoms with Crippen molar-refractivity contribution in [3.63, 3.8) is 0 Å². The molecule has 0 saturated carbocycles. The standard InChI is InChI=1S/C18H14BNO2S/c19-16-11-6-10-15-14-9-4-5-12-17(14)20(18(15)16)23(21,22)13-7-2-1-3-8-13/h1-12H,19H2. The van der Waals surface area contributed by atoms with E-state index in [1.165, 1.54) is 3.97 Å². The van der Waals surface area contributed by atoms with Gasteiger partial charge in [-0.05, 0) is 18.2 Å². The Morgan fingerprint density at radius 2 is 1.39 bits per heavy atom. The summed E-state index contributed by atoms with van der Waals surface area (Å²) in [4.78, 5) is 0.297. The summed E-state index contributed by atoms with van der Waals surface area (Å²) >= 11 is 0. The maximum absolute atomic E-state index is 13.2. The molecular formula is C18H14BNO2S. The molecule has 0 fully saturated rings. The quantitative estimate of drug-likeness (QED) is 0.532. The van der Waals surface area contributed by atoms with E-state index in [2.05, 4.69) is 0 Å². The summed E-state index contributed by atoms with van der Waals surface area (Å²) in [5.41, 5.74) is 2.40. The topological polar surface area (TPSA) is 39.1 Å². The number of nitrogens with zero attached hydrogens (tertiary/aromatic N) is 1. The molecule has 23 heavy (non-hydrogen) atoms. The Bertz CT molecular complexity index is 1130. The highest BCUT2D eigenvalue weighted by molar-refractivity contribution is 7.90. The van der Waals surface area contributed by atoms with Crippen molar-refractivity contribution in [1.82, 2.24) is 3.97 Å². The van der Waals surface area contributed by atoms with Gasteiger partial charge in [-0.1, -0.05) is 60.1 Å². The van der Waals surface area contributed by atoms with Crippen molar-refractivity contribution in [2.24, 2.45) is 0 Å². The molecule has 0 unspecified atom stereocenters. The van der Waals surface area contributed by atoms with Crippen LogP contribution in [-0.4, -0.2) is 20.2 Å². The lowest BCUT2D eigenvalue weighted by Gasteiger charge is -2.10. The van der Waals surface area contributed by atoms with Crippen molar-refractivity contribution < 1.29 is 8.42 Å². The minimum absolute atomic E-state index is 0.297. The molecule has 3 aromatic carbocycles. The van der Waals surface area contributed by atoms with Crippen LogP contribution >= 0.6 is 0 Å². The molecule has 1 heterocycles. The number of hydrogen-bond donors (Lipinski definition) is 0. The normalized spacial score (nSPS) is 12.0. The van der Waals surface area contributed by atoms with E-state index in [4.69, 9.17) is 0 Å². The molecule has 4 aromatic rings. The van der Waals surface area contributed by atoms with E-state index in [0.717, 1.165) is 21.8 Å². The molecule has 4 rings (SSSR count). The number of rotatable bonds is 2. The second-order valence-corrected chi connectivity index (χ2v) is 7.36. The molecule has 3 nitrogen and oxygen atoms in total. The van der Waals surface area contributed by atoms with Crippen molar-refractivity contribution in [3.05, 3.63) is 72.8 Å². The fourth-order valence-electron chi connectivity index (χ4n) is 3.09. The summed E-state index contributed by atoms with van der Waals surface area (Å²) in [6.07, 6.45) is 0. The molecule has 112 valence electrons. The van der Waals surface area contributed by atoms with E-state index >= 15 is 0 Å². The van der Waals surface area contributed by atoms with E-state index in [1.54, 1.807) is 24.3 Å². The molecule has 5 heteroatoms. The molecule has 0 aliphatic carbocycles. The molecule has 0 amide bonds. The first-order chi connectivity index (χ1) is 11.1. The summed E-state index contributed by atoms with van der Waals surface area (Å²) < 4.78 is 28.0. The number of aromatic nitrogens is 1. The predicted molar refractivity (Wildman–Crippen MR) is 96.6 cm³/mol. The summed E-state index contributed by atoms with van der Waals surface area (Å²) in [7, 11) is -1.71. The van der Waals surface area contributed by atoms with Gasteiger partial charge in [0.25, 0.3) is 10.0 Å². The lowest BCUT2D eigenvalue weighted by molar-refractivity contribution is 0.590. The highest BCUT2D eigenvalue weighted by atomic mass is 32.2. The average molecular weight is 319 g/mol. The molecule has 0 aliphatic rings. The van der Waals surface area contributed by atoms with Gasteiger partial charge in [-0.3, -0.25) is 0 Å². The smallest absolute Gasteiger partial charge is 0.234 e. The zero-order chi connectivity index (χ0) is 16.0. The Morgan fingerprint density at radius 3 is 2.17 bits per heavy atom. The lowest BCUT2D eigenvalue weighted by Crippen LogP contribution is -2.17. The molecule has 0 spiro atoms. The highest BCUT2D eigenvalue weighted by Gasteiger charge is 2.23. The fourth-order valence-corrected chi connectivity index (χ4v) is 4.71. The van der Waals surface area contributed by atoms with Crippen LogP contribution in [0.15, 0.2) is 77.7 Å².